The minimum Gasteiger partial charge on any atom is -0.323 e. The molecule has 1 aliphatic rings. The Hall–Kier alpha value is -1.85. The Bertz CT molecular complexity index is 818. The molecule has 0 radical (unpaired) electrons. The minimum absolute atomic E-state index is 0.0540. The van der Waals surface area contributed by atoms with Crippen molar-refractivity contribution in [2.45, 2.75) is 13.0 Å². The standard InChI is InChI=1S/C22H25Cl2N3O/c1-17(22(28)25-21-10-9-19(23)16-20(21)24)27-14-12-26(13-15-27)11-5-8-18-6-3-2-4-7-18/h2-10,16-17H,11-15H2,1H3,(H,25,28)/b8-5+/t17-/m0/s1. The van der Waals surface area contributed by atoms with E-state index in [0.717, 1.165) is 32.7 Å². The van der Waals surface area contributed by atoms with Gasteiger partial charge in [-0.05, 0) is 30.7 Å². The van der Waals surface area contributed by atoms with Crippen molar-refractivity contribution in [2.24, 2.45) is 0 Å². The largest absolute Gasteiger partial charge is 0.323 e. The summed E-state index contributed by atoms with van der Waals surface area (Å²) in [6, 6.07) is 15.2. The van der Waals surface area contributed by atoms with Crippen LogP contribution in [0.5, 0.6) is 0 Å². The highest BCUT2D eigenvalue weighted by atomic mass is 35.5. The third kappa shape index (κ3) is 5.82. The van der Waals surface area contributed by atoms with E-state index in [1.807, 2.05) is 25.1 Å². The molecule has 6 heteroatoms. The molecule has 1 atom stereocenters. The van der Waals surface area contributed by atoms with Crippen LogP contribution in [0.2, 0.25) is 10.0 Å². The second-order valence-electron chi connectivity index (χ2n) is 6.94. The Morgan fingerprint density at radius 1 is 1.11 bits per heavy atom. The van der Waals surface area contributed by atoms with E-state index in [-0.39, 0.29) is 11.9 Å². The molecule has 4 nitrogen and oxygen atoms in total. The number of carbonyl (C=O) groups excluding carboxylic acids is 1. The van der Waals surface area contributed by atoms with Gasteiger partial charge in [0.2, 0.25) is 5.91 Å². The third-order valence-electron chi connectivity index (χ3n) is 5.00. The number of nitrogens with one attached hydrogen (secondary N) is 1. The second-order valence-corrected chi connectivity index (χ2v) is 7.78. The van der Waals surface area contributed by atoms with Crippen molar-refractivity contribution < 1.29 is 4.79 Å². The zero-order valence-electron chi connectivity index (χ0n) is 15.9. The molecule has 0 bridgehead atoms. The maximum atomic E-state index is 12.6. The van der Waals surface area contributed by atoms with Crippen molar-refractivity contribution in [3.63, 3.8) is 0 Å². The molecule has 1 amide bonds. The molecule has 1 aliphatic heterocycles. The molecule has 1 heterocycles. The zero-order valence-corrected chi connectivity index (χ0v) is 17.5. The van der Waals surface area contributed by atoms with Crippen LogP contribution in [0.25, 0.3) is 6.08 Å². The summed E-state index contributed by atoms with van der Waals surface area (Å²) in [5.74, 6) is -0.0540. The van der Waals surface area contributed by atoms with E-state index in [9.17, 15) is 4.79 Å². The quantitative estimate of drug-likeness (QED) is 0.742. The summed E-state index contributed by atoms with van der Waals surface area (Å²) >= 11 is 12.1. The van der Waals surface area contributed by atoms with Crippen LogP contribution in [-0.2, 0) is 4.79 Å². The molecular weight excluding hydrogens is 393 g/mol. The lowest BCUT2D eigenvalue weighted by Gasteiger charge is -2.37. The van der Waals surface area contributed by atoms with Crippen LogP contribution >= 0.6 is 23.2 Å². The molecule has 0 unspecified atom stereocenters. The Kier molecular flexibility index (Phi) is 7.51. The summed E-state index contributed by atoms with van der Waals surface area (Å²) in [7, 11) is 0. The number of rotatable bonds is 6. The highest BCUT2D eigenvalue weighted by molar-refractivity contribution is 6.36. The van der Waals surface area contributed by atoms with Gasteiger partial charge in [0.15, 0.2) is 0 Å². The van der Waals surface area contributed by atoms with E-state index in [0.29, 0.717) is 15.7 Å². The summed E-state index contributed by atoms with van der Waals surface area (Å²) in [5, 5.41) is 3.90. The highest BCUT2D eigenvalue weighted by Crippen LogP contribution is 2.25. The SMILES string of the molecule is C[C@@H](C(=O)Nc1ccc(Cl)cc1Cl)N1CCN(C/C=C/c2ccccc2)CC1. The molecule has 3 rings (SSSR count). The molecule has 0 spiro atoms. The predicted octanol–water partition coefficient (Wildman–Crippen LogP) is 4.65. The van der Waals surface area contributed by atoms with E-state index < -0.39 is 0 Å². The Balaban J connectivity index is 1.46. The minimum atomic E-state index is -0.214. The number of hydrogen-bond acceptors (Lipinski definition) is 3. The Morgan fingerprint density at radius 2 is 1.82 bits per heavy atom. The van der Waals surface area contributed by atoms with Crippen molar-refractivity contribution in [3.8, 4) is 0 Å². The number of benzene rings is 2. The van der Waals surface area contributed by atoms with Crippen molar-refractivity contribution >= 4 is 40.9 Å². The van der Waals surface area contributed by atoms with Crippen LogP contribution in [0.4, 0.5) is 5.69 Å². The molecule has 2 aromatic rings. The fourth-order valence-corrected chi connectivity index (χ4v) is 3.68. The van der Waals surface area contributed by atoms with E-state index in [2.05, 4.69) is 39.4 Å². The van der Waals surface area contributed by atoms with Gasteiger partial charge in [0.25, 0.3) is 0 Å². The fourth-order valence-electron chi connectivity index (χ4n) is 3.23. The number of anilines is 1. The topological polar surface area (TPSA) is 35.6 Å². The third-order valence-corrected chi connectivity index (χ3v) is 5.54. The lowest BCUT2D eigenvalue weighted by Crippen LogP contribution is -2.52. The number of hydrogen-bond donors (Lipinski definition) is 1. The van der Waals surface area contributed by atoms with Crippen LogP contribution < -0.4 is 5.32 Å². The maximum Gasteiger partial charge on any atom is 0.241 e. The molecule has 2 aromatic carbocycles. The number of amides is 1. The van der Waals surface area contributed by atoms with Gasteiger partial charge < -0.3 is 5.32 Å². The molecular formula is C22H25Cl2N3O. The van der Waals surface area contributed by atoms with Gasteiger partial charge in [-0.3, -0.25) is 14.6 Å². The van der Waals surface area contributed by atoms with Gasteiger partial charge in [-0.2, -0.15) is 0 Å². The lowest BCUT2D eigenvalue weighted by molar-refractivity contribution is -0.121. The van der Waals surface area contributed by atoms with Gasteiger partial charge in [-0.1, -0.05) is 65.7 Å². The summed E-state index contributed by atoms with van der Waals surface area (Å²) in [6.07, 6.45) is 4.35. The monoisotopic (exact) mass is 417 g/mol. The number of piperazine rings is 1. The molecule has 148 valence electrons. The van der Waals surface area contributed by atoms with Crippen LogP contribution in [0.3, 0.4) is 0 Å². The first-order chi connectivity index (χ1) is 13.5. The van der Waals surface area contributed by atoms with Gasteiger partial charge in [0.05, 0.1) is 16.8 Å². The van der Waals surface area contributed by atoms with Crippen molar-refractivity contribution in [1.82, 2.24) is 9.80 Å². The highest BCUT2D eigenvalue weighted by Gasteiger charge is 2.25. The first kappa shape index (κ1) is 20.9. The number of nitrogens with zero attached hydrogens (tertiary/aromatic N) is 2. The average Bonchev–Trinajstić information content (AvgIpc) is 2.71. The first-order valence-corrected chi connectivity index (χ1v) is 10.2. The van der Waals surface area contributed by atoms with Gasteiger partial charge in [0, 0.05) is 37.7 Å². The van der Waals surface area contributed by atoms with E-state index in [4.69, 9.17) is 23.2 Å². The smallest absolute Gasteiger partial charge is 0.241 e. The van der Waals surface area contributed by atoms with Crippen molar-refractivity contribution in [3.05, 3.63) is 70.2 Å². The zero-order chi connectivity index (χ0) is 19.9. The van der Waals surface area contributed by atoms with Crippen LogP contribution in [0, 0.1) is 0 Å². The van der Waals surface area contributed by atoms with Crippen LogP contribution in [0.15, 0.2) is 54.6 Å². The summed E-state index contributed by atoms with van der Waals surface area (Å²) in [6.45, 7) is 6.47. The van der Waals surface area contributed by atoms with Gasteiger partial charge in [-0.15, -0.1) is 0 Å². The normalized spacial score (nSPS) is 17.0. The molecule has 1 saturated heterocycles. The maximum absolute atomic E-state index is 12.6. The summed E-state index contributed by atoms with van der Waals surface area (Å²) in [5.41, 5.74) is 1.81. The van der Waals surface area contributed by atoms with Gasteiger partial charge in [-0.25, -0.2) is 0 Å². The summed E-state index contributed by atoms with van der Waals surface area (Å²) in [4.78, 5) is 17.2. The first-order valence-electron chi connectivity index (χ1n) is 9.47. The van der Waals surface area contributed by atoms with E-state index in [1.54, 1.807) is 18.2 Å². The molecule has 0 aromatic heterocycles. The Morgan fingerprint density at radius 3 is 2.50 bits per heavy atom. The van der Waals surface area contributed by atoms with E-state index >= 15 is 0 Å². The molecule has 1 N–H and O–H groups in total. The second kappa shape index (κ2) is 10.1. The predicted molar refractivity (Wildman–Crippen MR) is 118 cm³/mol. The molecule has 0 aliphatic carbocycles. The average molecular weight is 418 g/mol. The Labute approximate surface area is 176 Å². The molecule has 0 saturated carbocycles. The number of carbonyl (C=O) groups is 1. The fraction of sp³-hybridized carbons (Fsp3) is 0.318. The lowest BCUT2D eigenvalue weighted by atomic mass is 10.2. The molecule has 28 heavy (non-hydrogen) atoms. The molecule has 1 fully saturated rings. The van der Waals surface area contributed by atoms with Crippen molar-refractivity contribution in [2.75, 3.05) is 38.0 Å². The van der Waals surface area contributed by atoms with Crippen molar-refractivity contribution in [1.29, 1.82) is 0 Å². The van der Waals surface area contributed by atoms with Gasteiger partial charge in [0.1, 0.15) is 0 Å². The summed E-state index contributed by atoms with van der Waals surface area (Å²) < 4.78 is 0. The van der Waals surface area contributed by atoms with Crippen LogP contribution in [-0.4, -0.2) is 54.5 Å². The number of halogens is 2. The van der Waals surface area contributed by atoms with Gasteiger partial charge >= 0.3 is 0 Å². The van der Waals surface area contributed by atoms with Crippen LogP contribution in [0.1, 0.15) is 12.5 Å². The van der Waals surface area contributed by atoms with E-state index in [1.165, 1.54) is 5.56 Å².